The lowest BCUT2D eigenvalue weighted by Gasteiger charge is -2.25. The Morgan fingerprint density at radius 2 is 1.96 bits per heavy atom. The Labute approximate surface area is 293 Å². The van der Waals surface area contributed by atoms with Crippen LogP contribution in [0, 0.1) is 10.1 Å². The average Bonchev–Trinajstić information content (AvgIpc) is 3.33. The number of ether oxygens (including phenoxy) is 4. The van der Waals surface area contributed by atoms with E-state index >= 15 is 0 Å². The van der Waals surface area contributed by atoms with Crippen LogP contribution in [0.4, 0.5) is 5.69 Å². The monoisotopic (exact) mass is 755 g/mol. The Morgan fingerprint density at radius 3 is 2.62 bits per heavy atom. The highest BCUT2D eigenvalue weighted by molar-refractivity contribution is 9.10. The molecule has 48 heavy (non-hydrogen) atoms. The van der Waals surface area contributed by atoms with E-state index < -0.39 is 22.5 Å². The van der Waals surface area contributed by atoms with E-state index in [1.54, 1.807) is 68.5 Å². The number of nitro groups is 1. The first-order chi connectivity index (χ1) is 22.9. The number of fused-ring (bicyclic) bond motifs is 1. The van der Waals surface area contributed by atoms with Gasteiger partial charge in [-0.3, -0.25) is 19.5 Å². The molecule has 0 unspecified atom stereocenters. The second-order valence-electron chi connectivity index (χ2n) is 10.9. The third-order valence-corrected chi connectivity index (χ3v) is 9.00. The van der Waals surface area contributed by atoms with Gasteiger partial charge in [-0.25, -0.2) is 9.79 Å². The summed E-state index contributed by atoms with van der Waals surface area (Å²) in [6.45, 7) is 7.35. The van der Waals surface area contributed by atoms with Crippen LogP contribution in [0.25, 0.3) is 6.08 Å². The third-order valence-electron chi connectivity index (χ3n) is 7.20. The molecule has 1 aliphatic heterocycles. The number of carbonyl (C=O) groups excluding carboxylic acids is 1. The molecular formula is C34H31BrClN3O8S. The van der Waals surface area contributed by atoms with Gasteiger partial charge in [0.25, 0.3) is 5.56 Å². The van der Waals surface area contributed by atoms with Gasteiger partial charge in [-0.1, -0.05) is 41.1 Å². The number of aromatic nitrogens is 1. The molecule has 0 radical (unpaired) electrons. The number of esters is 1. The van der Waals surface area contributed by atoms with E-state index in [4.69, 9.17) is 30.5 Å². The Hall–Kier alpha value is -4.46. The molecule has 0 fully saturated rings. The van der Waals surface area contributed by atoms with Crippen LogP contribution in [-0.2, 0) is 16.1 Å². The van der Waals surface area contributed by atoms with E-state index in [0.717, 1.165) is 16.9 Å². The fraction of sp³-hybridized carbons (Fsp3) is 0.265. The highest BCUT2D eigenvalue weighted by Gasteiger charge is 2.34. The fourth-order valence-electron chi connectivity index (χ4n) is 5.21. The summed E-state index contributed by atoms with van der Waals surface area (Å²) in [6, 6.07) is 14.3. The standard InChI is InChI=1S/C34H31BrClN3O8S/c1-6-45-33(41)29-19(4)37-34-38(30(29)22-10-11-26(47-18(2)3)27(16-22)44-5)32(40)28(48-34)15-21-13-24(35)31(25(14-21)39(42)43)46-17-20-8-7-9-23(36)12-20/h7-16,18,30H,6,17H2,1-5H3/b28-15+/t30-/m1/s1. The minimum atomic E-state index is -0.896. The number of thiazole rings is 1. The molecule has 0 saturated carbocycles. The van der Waals surface area contributed by atoms with Crippen molar-refractivity contribution < 1.29 is 28.7 Å². The topological polar surface area (TPSA) is 131 Å². The summed E-state index contributed by atoms with van der Waals surface area (Å²) in [5.41, 5.74) is 1.55. The van der Waals surface area contributed by atoms with Crippen LogP contribution in [0.5, 0.6) is 17.2 Å². The summed E-state index contributed by atoms with van der Waals surface area (Å²) >= 11 is 10.6. The maximum Gasteiger partial charge on any atom is 0.338 e. The minimum absolute atomic E-state index is 0.0344. The van der Waals surface area contributed by atoms with Crippen LogP contribution >= 0.6 is 38.9 Å². The zero-order valence-corrected chi connectivity index (χ0v) is 29.8. The van der Waals surface area contributed by atoms with Gasteiger partial charge >= 0.3 is 11.7 Å². The van der Waals surface area contributed by atoms with Crippen LogP contribution in [0.2, 0.25) is 5.02 Å². The lowest BCUT2D eigenvalue weighted by Crippen LogP contribution is -2.40. The molecule has 4 aromatic rings. The van der Waals surface area contributed by atoms with E-state index in [1.807, 2.05) is 13.8 Å². The summed E-state index contributed by atoms with van der Waals surface area (Å²) in [5.74, 6) is 0.366. The summed E-state index contributed by atoms with van der Waals surface area (Å²) in [4.78, 5) is 44.0. The van der Waals surface area contributed by atoms with Gasteiger partial charge in [-0.15, -0.1) is 0 Å². The summed E-state index contributed by atoms with van der Waals surface area (Å²) in [6.07, 6.45) is 1.43. The first-order valence-electron chi connectivity index (χ1n) is 14.8. The average molecular weight is 757 g/mol. The van der Waals surface area contributed by atoms with Gasteiger partial charge in [0.15, 0.2) is 16.3 Å². The van der Waals surface area contributed by atoms with Gasteiger partial charge < -0.3 is 18.9 Å². The van der Waals surface area contributed by atoms with Crippen LogP contribution in [-0.4, -0.2) is 35.3 Å². The second-order valence-corrected chi connectivity index (χ2v) is 13.2. The summed E-state index contributed by atoms with van der Waals surface area (Å²) < 4.78 is 24.7. The zero-order valence-electron chi connectivity index (χ0n) is 26.6. The molecule has 1 aromatic heterocycles. The Morgan fingerprint density at radius 1 is 1.19 bits per heavy atom. The molecule has 1 aliphatic rings. The molecule has 3 aromatic carbocycles. The number of nitrogens with zero attached hydrogens (tertiary/aromatic N) is 3. The van der Waals surface area contributed by atoms with Gasteiger partial charge in [0, 0.05) is 11.1 Å². The predicted octanol–water partition coefficient (Wildman–Crippen LogP) is 6.50. The first-order valence-corrected chi connectivity index (χ1v) is 16.8. The lowest BCUT2D eigenvalue weighted by molar-refractivity contribution is -0.386. The number of hydrogen-bond donors (Lipinski definition) is 0. The fourth-order valence-corrected chi connectivity index (χ4v) is 7.05. The highest BCUT2D eigenvalue weighted by Crippen LogP contribution is 2.38. The molecule has 1 atom stereocenters. The molecule has 0 amide bonds. The van der Waals surface area contributed by atoms with E-state index in [2.05, 4.69) is 20.9 Å². The van der Waals surface area contributed by atoms with E-state index in [-0.39, 0.29) is 40.9 Å². The molecule has 0 spiro atoms. The van der Waals surface area contributed by atoms with E-state index in [1.165, 1.54) is 17.7 Å². The molecule has 11 nitrogen and oxygen atoms in total. The zero-order chi connectivity index (χ0) is 34.7. The molecule has 14 heteroatoms. The van der Waals surface area contributed by atoms with Gasteiger partial charge in [-0.2, -0.15) is 0 Å². The van der Waals surface area contributed by atoms with E-state index in [9.17, 15) is 19.7 Å². The maximum atomic E-state index is 14.1. The predicted molar refractivity (Wildman–Crippen MR) is 186 cm³/mol. The van der Waals surface area contributed by atoms with Crippen molar-refractivity contribution in [2.45, 2.75) is 46.4 Å². The van der Waals surface area contributed by atoms with Crippen molar-refractivity contribution in [3.8, 4) is 17.2 Å². The van der Waals surface area contributed by atoms with Crippen molar-refractivity contribution in [3.05, 3.63) is 122 Å². The third kappa shape index (κ3) is 7.33. The van der Waals surface area contributed by atoms with Crippen molar-refractivity contribution in [3.63, 3.8) is 0 Å². The smallest absolute Gasteiger partial charge is 0.338 e. The Balaban J connectivity index is 1.62. The maximum absolute atomic E-state index is 14.1. The van der Waals surface area contributed by atoms with Crippen LogP contribution < -0.4 is 29.1 Å². The first kappa shape index (κ1) is 34.9. The molecule has 0 aliphatic carbocycles. The lowest BCUT2D eigenvalue weighted by atomic mass is 9.95. The van der Waals surface area contributed by atoms with E-state index in [0.29, 0.717) is 42.6 Å². The van der Waals surface area contributed by atoms with Crippen molar-refractivity contribution in [2.24, 2.45) is 4.99 Å². The summed E-state index contributed by atoms with van der Waals surface area (Å²) in [7, 11) is 1.51. The minimum Gasteiger partial charge on any atom is -0.493 e. The molecular weight excluding hydrogens is 726 g/mol. The van der Waals surface area contributed by atoms with Gasteiger partial charge in [0.1, 0.15) is 6.61 Å². The normalized spacial score (nSPS) is 14.4. The second kappa shape index (κ2) is 14.8. The number of methoxy groups -OCH3 is 1. The number of halogens is 2. The van der Waals surface area contributed by atoms with Crippen molar-refractivity contribution >= 4 is 56.6 Å². The van der Waals surface area contributed by atoms with Gasteiger partial charge in [-0.05, 0) is 96.7 Å². The number of rotatable bonds is 11. The molecule has 0 saturated heterocycles. The SMILES string of the molecule is CCOC(=O)C1=C(C)N=c2s/c(=C/c3cc(Br)c(OCc4cccc(Cl)c4)c([N+](=O)[O-])c3)c(=O)n2[C@@H]1c1ccc(OC(C)C)c(OC)c1. The largest absolute Gasteiger partial charge is 0.493 e. The summed E-state index contributed by atoms with van der Waals surface area (Å²) in [5, 5.41) is 12.6. The molecule has 0 bridgehead atoms. The molecule has 0 N–H and O–H groups in total. The molecule has 2 heterocycles. The van der Waals surface area contributed by atoms with Crippen LogP contribution in [0.1, 0.15) is 50.4 Å². The number of carbonyl (C=O) groups is 1. The Kier molecular flexibility index (Phi) is 10.7. The molecule has 250 valence electrons. The van der Waals surface area contributed by atoms with Crippen molar-refractivity contribution in [1.29, 1.82) is 0 Å². The number of nitro benzene ring substituents is 1. The molecule has 5 rings (SSSR count). The van der Waals surface area contributed by atoms with Crippen molar-refractivity contribution in [1.82, 2.24) is 4.57 Å². The number of hydrogen-bond acceptors (Lipinski definition) is 10. The quantitative estimate of drug-likeness (QED) is 0.0964. The Bertz CT molecular complexity index is 2130. The van der Waals surface area contributed by atoms with Gasteiger partial charge in [0.2, 0.25) is 5.75 Å². The van der Waals surface area contributed by atoms with Crippen LogP contribution in [0.15, 0.2) is 80.1 Å². The number of benzene rings is 3. The highest BCUT2D eigenvalue weighted by atomic mass is 79.9. The number of allylic oxidation sites excluding steroid dienone is 1. The van der Waals surface area contributed by atoms with Crippen molar-refractivity contribution in [2.75, 3.05) is 13.7 Å². The van der Waals surface area contributed by atoms with Crippen LogP contribution in [0.3, 0.4) is 0 Å². The van der Waals surface area contributed by atoms with Gasteiger partial charge in [0.05, 0.1) is 51.1 Å².